The molecule has 1 unspecified atom stereocenters. The number of aliphatic hydroxyl groups excluding tert-OH is 2. The number of methoxy groups -OCH3 is 1. The highest BCUT2D eigenvalue weighted by atomic mass is 16.5. The average Bonchev–Trinajstić information content (AvgIpc) is 2.38. The summed E-state index contributed by atoms with van der Waals surface area (Å²) in [4.78, 5) is 0. The minimum Gasteiger partial charge on any atom is -0.497 e. The van der Waals surface area contributed by atoms with Gasteiger partial charge in [0.15, 0.2) is 0 Å². The second-order valence-corrected chi connectivity index (χ2v) is 3.93. The van der Waals surface area contributed by atoms with Crippen molar-refractivity contribution in [3.63, 3.8) is 0 Å². The largest absolute Gasteiger partial charge is 0.497 e. The molecule has 0 aromatic heterocycles. The molecule has 0 aliphatic carbocycles. The zero-order valence-corrected chi connectivity index (χ0v) is 10.2. The second kappa shape index (κ2) is 8.06. The summed E-state index contributed by atoms with van der Waals surface area (Å²) in [5.41, 5.74) is 0.846. The third-order valence-corrected chi connectivity index (χ3v) is 2.58. The normalized spacial score (nSPS) is 12.4. The van der Waals surface area contributed by atoms with Crippen molar-refractivity contribution >= 4 is 0 Å². The summed E-state index contributed by atoms with van der Waals surface area (Å²) in [6, 6.07) is 7.43. The van der Waals surface area contributed by atoms with Gasteiger partial charge < -0.3 is 20.3 Å². The predicted octanol–water partition coefficient (Wildman–Crippen LogP) is 1.09. The Morgan fingerprint density at radius 3 is 2.88 bits per heavy atom. The number of rotatable bonds is 8. The molecule has 1 atom stereocenters. The molecule has 3 N–H and O–H groups in total. The summed E-state index contributed by atoms with van der Waals surface area (Å²) in [7, 11) is 1.61. The number of aliphatic hydroxyl groups is 2. The lowest BCUT2D eigenvalue weighted by Gasteiger charge is -2.13. The van der Waals surface area contributed by atoms with Crippen molar-refractivity contribution in [1.29, 1.82) is 0 Å². The lowest BCUT2D eigenvalue weighted by atomic mass is 10.1. The van der Waals surface area contributed by atoms with Crippen LogP contribution in [0, 0.1) is 0 Å². The molecule has 4 nitrogen and oxygen atoms in total. The van der Waals surface area contributed by atoms with E-state index in [4.69, 9.17) is 9.84 Å². The van der Waals surface area contributed by atoms with Gasteiger partial charge in [0.1, 0.15) is 5.75 Å². The standard InChI is InChI=1S/C13H21NO3/c1-17-12-6-4-5-11(9-12)13(16)10-14-7-2-3-8-15/h4-6,9,13-16H,2-3,7-8,10H2,1H3. The quantitative estimate of drug-likeness (QED) is 0.594. The molecule has 17 heavy (non-hydrogen) atoms. The van der Waals surface area contributed by atoms with Crippen LogP contribution in [-0.2, 0) is 0 Å². The fourth-order valence-electron chi connectivity index (χ4n) is 1.57. The first kappa shape index (κ1) is 14.0. The third-order valence-electron chi connectivity index (χ3n) is 2.58. The number of hydrogen-bond acceptors (Lipinski definition) is 4. The fraction of sp³-hybridized carbons (Fsp3) is 0.538. The van der Waals surface area contributed by atoms with E-state index < -0.39 is 6.10 Å². The average molecular weight is 239 g/mol. The van der Waals surface area contributed by atoms with Gasteiger partial charge in [-0.25, -0.2) is 0 Å². The van der Waals surface area contributed by atoms with Crippen LogP contribution in [-0.4, -0.2) is 37.0 Å². The molecule has 0 saturated heterocycles. The molecule has 1 aromatic carbocycles. The van der Waals surface area contributed by atoms with E-state index >= 15 is 0 Å². The molecule has 96 valence electrons. The maximum absolute atomic E-state index is 9.93. The third kappa shape index (κ3) is 5.17. The molecule has 0 bridgehead atoms. The SMILES string of the molecule is COc1cccc(C(O)CNCCCCO)c1. The Hall–Kier alpha value is -1.10. The van der Waals surface area contributed by atoms with Crippen LogP contribution in [0.3, 0.4) is 0 Å². The van der Waals surface area contributed by atoms with Gasteiger partial charge in [-0.3, -0.25) is 0 Å². The Balaban J connectivity index is 2.33. The Morgan fingerprint density at radius 2 is 2.18 bits per heavy atom. The Labute approximate surface area is 102 Å². The molecule has 4 heteroatoms. The molecule has 0 saturated carbocycles. The molecule has 1 rings (SSSR count). The van der Waals surface area contributed by atoms with Gasteiger partial charge in [-0.15, -0.1) is 0 Å². The van der Waals surface area contributed by atoms with Gasteiger partial charge in [-0.05, 0) is 37.1 Å². The summed E-state index contributed by atoms with van der Waals surface area (Å²) in [6.07, 6.45) is 1.18. The van der Waals surface area contributed by atoms with E-state index in [2.05, 4.69) is 5.32 Å². The number of benzene rings is 1. The highest BCUT2D eigenvalue weighted by Gasteiger charge is 2.07. The van der Waals surface area contributed by atoms with E-state index in [1.807, 2.05) is 24.3 Å². The van der Waals surface area contributed by atoms with E-state index in [1.54, 1.807) is 7.11 Å². The predicted molar refractivity (Wildman–Crippen MR) is 67.1 cm³/mol. The summed E-state index contributed by atoms with van der Waals surface area (Å²) in [6.45, 7) is 1.54. The van der Waals surface area contributed by atoms with Gasteiger partial charge in [0.05, 0.1) is 13.2 Å². The zero-order valence-electron chi connectivity index (χ0n) is 10.2. The maximum atomic E-state index is 9.93. The van der Waals surface area contributed by atoms with Crippen molar-refractivity contribution in [3.05, 3.63) is 29.8 Å². The van der Waals surface area contributed by atoms with E-state index in [0.29, 0.717) is 6.54 Å². The van der Waals surface area contributed by atoms with Crippen molar-refractivity contribution in [1.82, 2.24) is 5.32 Å². The molecular weight excluding hydrogens is 218 g/mol. The van der Waals surface area contributed by atoms with Crippen molar-refractivity contribution in [3.8, 4) is 5.75 Å². The first-order valence-electron chi connectivity index (χ1n) is 5.91. The van der Waals surface area contributed by atoms with E-state index in [9.17, 15) is 5.11 Å². The van der Waals surface area contributed by atoms with Crippen LogP contribution in [0.2, 0.25) is 0 Å². The molecule has 0 spiro atoms. The number of nitrogens with one attached hydrogen (secondary N) is 1. The summed E-state index contributed by atoms with van der Waals surface area (Å²) in [5.74, 6) is 0.752. The first-order valence-corrected chi connectivity index (χ1v) is 5.91. The highest BCUT2D eigenvalue weighted by molar-refractivity contribution is 5.29. The lowest BCUT2D eigenvalue weighted by molar-refractivity contribution is 0.174. The fourth-order valence-corrected chi connectivity index (χ4v) is 1.57. The summed E-state index contributed by atoms with van der Waals surface area (Å²) < 4.78 is 5.10. The van der Waals surface area contributed by atoms with Crippen LogP contribution in [0.1, 0.15) is 24.5 Å². The topological polar surface area (TPSA) is 61.7 Å². The molecule has 0 radical (unpaired) electrons. The summed E-state index contributed by atoms with van der Waals surface area (Å²) >= 11 is 0. The van der Waals surface area contributed by atoms with Crippen LogP contribution < -0.4 is 10.1 Å². The van der Waals surface area contributed by atoms with E-state index in [0.717, 1.165) is 30.7 Å². The zero-order chi connectivity index (χ0) is 12.5. The molecule has 0 fully saturated rings. The van der Waals surface area contributed by atoms with Gasteiger partial charge in [0.2, 0.25) is 0 Å². The molecule has 1 aromatic rings. The Bertz CT molecular complexity index is 317. The van der Waals surface area contributed by atoms with Crippen molar-refractivity contribution < 1.29 is 14.9 Å². The molecule has 0 aliphatic heterocycles. The maximum Gasteiger partial charge on any atom is 0.119 e. The molecule has 0 aliphatic rings. The van der Waals surface area contributed by atoms with Crippen LogP contribution in [0.25, 0.3) is 0 Å². The van der Waals surface area contributed by atoms with Gasteiger partial charge in [-0.1, -0.05) is 12.1 Å². The van der Waals surface area contributed by atoms with Crippen LogP contribution in [0.4, 0.5) is 0 Å². The van der Waals surface area contributed by atoms with Gasteiger partial charge in [0.25, 0.3) is 0 Å². The number of ether oxygens (including phenoxy) is 1. The van der Waals surface area contributed by atoms with Crippen molar-refractivity contribution in [2.75, 3.05) is 26.8 Å². The van der Waals surface area contributed by atoms with Crippen LogP contribution >= 0.6 is 0 Å². The number of unbranched alkanes of at least 4 members (excludes halogenated alkanes) is 1. The van der Waals surface area contributed by atoms with Crippen LogP contribution in [0.5, 0.6) is 5.75 Å². The molecular formula is C13H21NO3. The Kier molecular flexibility index (Phi) is 6.62. The molecule has 0 amide bonds. The van der Waals surface area contributed by atoms with Crippen LogP contribution in [0.15, 0.2) is 24.3 Å². The van der Waals surface area contributed by atoms with Crippen molar-refractivity contribution in [2.45, 2.75) is 18.9 Å². The van der Waals surface area contributed by atoms with E-state index in [1.165, 1.54) is 0 Å². The van der Waals surface area contributed by atoms with Gasteiger partial charge >= 0.3 is 0 Å². The first-order chi connectivity index (χ1) is 8.27. The lowest BCUT2D eigenvalue weighted by Crippen LogP contribution is -2.22. The minimum atomic E-state index is -0.528. The smallest absolute Gasteiger partial charge is 0.119 e. The van der Waals surface area contributed by atoms with Gasteiger partial charge in [0, 0.05) is 13.2 Å². The highest BCUT2D eigenvalue weighted by Crippen LogP contribution is 2.18. The Morgan fingerprint density at radius 1 is 1.35 bits per heavy atom. The van der Waals surface area contributed by atoms with Crippen molar-refractivity contribution in [2.24, 2.45) is 0 Å². The monoisotopic (exact) mass is 239 g/mol. The summed E-state index contributed by atoms with van der Waals surface area (Å²) in [5, 5.41) is 21.7. The second-order valence-electron chi connectivity index (χ2n) is 3.93. The minimum absolute atomic E-state index is 0.222. The van der Waals surface area contributed by atoms with E-state index in [-0.39, 0.29) is 6.61 Å². The van der Waals surface area contributed by atoms with Gasteiger partial charge in [-0.2, -0.15) is 0 Å². The molecule has 0 heterocycles. The number of hydrogen-bond donors (Lipinski definition) is 3.